The van der Waals surface area contributed by atoms with Gasteiger partial charge in [-0.15, -0.1) is 11.3 Å². The quantitative estimate of drug-likeness (QED) is 0.209. The lowest BCUT2D eigenvalue weighted by molar-refractivity contribution is -0.137. The maximum atomic E-state index is 11.3. The highest BCUT2D eigenvalue weighted by atomic mass is 32.1. The van der Waals surface area contributed by atoms with E-state index in [1.54, 1.807) is 35.9 Å². The maximum absolute atomic E-state index is 11.3. The fraction of sp³-hybridized carbons (Fsp3) is 0.406. The number of H-pyrrole nitrogens is 2. The van der Waals surface area contributed by atoms with E-state index in [1.807, 2.05) is 11.4 Å². The minimum atomic E-state index is -0.862. The van der Waals surface area contributed by atoms with Crippen molar-refractivity contribution in [3.8, 4) is 0 Å². The summed E-state index contributed by atoms with van der Waals surface area (Å²) in [4.78, 5) is 48.1. The molecule has 0 bridgehead atoms. The summed E-state index contributed by atoms with van der Waals surface area (Å²) in [5, 5.41) is 15.7. The Bertz CT molecular complexity index is 1560. The van der Waals surface area contributed by atoms with Gasteiger partial charge < -0.3 is 20.4 Å². The Morgan fingerprint density at radius 2 is 1.74 bits per heavy atom. The van der Waals surface area contributed by atoms with Crippen molar-refractivity contribution >= 4 is 23.1 Å². The summed E-state index contributed by atoms with van der Waals surface area (Å²) < 4.78 is 0. The molecule has 0 unspecified atom stereocenters. The first-order valence-electron chi connectivity index (χ1n) is 14.3. The fourth-order valence-electron chi connectivity index (χ4n) is 4.81. The third kappa shape index (κ3) is 9.24. The molecule has 9 nitrogen and oxygen atoms in total. The summed E-state index contributed by atoms with van der Waals surface area (Å²) in [5.74, 6) is -0.0535. The van der Waals surface area contributed by atoms with Gasteiger partial charge >= 0.3 is 5.97 Å². The van der Waals surface area contributed by atoms with Gasteiger partial charge in [-0.2, -0.15) is 0 Å². The van der Waals surface area contributed by atoms with Crippen LogP contribution >= 0.6 is 11.3 Å². The summed E-state index contributed by atoms with van der Waals surface area (Å²) >= 11 is 1.62. The standard InChI is InChI=1S/C23H26N4O3S.C9H13NO/c28-20-9-7-16(13-25-20)17(12-22(29)30)11-19-14-31-21(26-19)5-1-4-18-8-6-15-3-2-10-24-23(15)27-18;1-9(2,3)7-4-5-8(11)10-6-7/h6-9,13-14,17H,1-5,10-12H2,(H,24,27)(H,25,28)(H,29,30);4-6H,1-3H3,(H,10,11)/t17-;/m0./s1. The lowest BCUT2D eigenvalue weighted by Gasteiger charge is -2.17. The van der Waals surface area contributed by atoms with Gasteiger partial charge in [0.25, 0.3) is 0 Å². The maximum Gasteiger partial charge on any atom is 0.303 e. The van der Waals surface area contributed by atoms with Gasteiger partial charge in [-0.3, -0.25) is 14.4 Å². The van der Waals surface area contributed by atoms with E-state index in [0.717, 1.165) is 72.0 Å². The molecule has 1 atom stereocenters. The molecule has 42 heavy (non-hydrogen) atoms. The third-order valence-corrected chi connectivity index (χ3v) is 8.14. The van der Waals surface area contributed by atoms with Gasteiger partial charge in [0, 0.05) is 48.1 Å². The number of aryl methyl sites for hydroxylation is 3. The van der Waals surface area contributed by atoms with E-state index in [9.17, 15) is 19.5 Å². The Labute approximate surface area is 249 Å². The third-order valence-electron chi connectivity index (χ3n) is 7.18. The van der Waals surface area contributed by atoms with Crippen LogP contribution in [0.1, 0.15) is 79.0 Å². The van der Waals surface area contributed by atoms with Crippen LogP contribution in [0.3, 0.4) is 0 Å². The molecular weight excluding hydrogens is 550 g/mol. The van der Waals surface area contributed by atoms with Crippen LogP contribution in [0.15, 0.2) is 63.8 Å². The number of thiazole rings is 1. The van der Waals surface area contributed by atoms with Crippen LogP contribution in [0, 0.1) is 0 Å². The van der Waals surface area contributed by atoms with Crippen LogP contribution < -0.4 is 16.4 Å². The molecule has 222 valence electrons. The minimum Gasteiger partial charge on any atom is -0.481 e. The lowest BCUT2D eigenvalue weighted by atomic mass is 9.88. The highest BCUT2D eigenvalue weighted by Gasteiger charge is 2.18. The first-order chi connectivity index (χ1) is 20.1. The molecule has 0 radical (unpaired) electrons. The van der Waals surface area contributed by atoms with Crippen molar-refractivity contribution in [1.29, 1.82) is 0 Å². The van der Waals surface area contributed by atoms with Crippen LogP contribution in [0.2, 0.25) is 0 Å². The molecule has 4 N–H and O–H groups in total. The van der Waals surface area contributed by atoms with Crippen molar-refractivity contribution in [2.24, 2.45) is 0 Å². The number of aliphatic carboxylic acids is 1. The van der Waals surface area contributed by atoms with E-state index in [0.29, 0.717) is 6.42 Å². The molecule has 0 aromatic carbocycles. The molecule has 0 saturated carbocycles. The van der Waals surface area contributed by atoms with Gasteiger partial charge in [0.1, 0.15) is 5.82 Å². The molecule has 0 amide bonds. The van der Waals surface area contributed by atoms with E-state index in [-0.39, 0.29) is 28.9 Å². The van der Waals surface area contributed by atoms with E-state index < -0.39 is 5.97 Å². The number of carboxylic acid groups (broad SMARTS) is 1. The number of aromatic nitrogens is 4. The number of nitrogens with one attached hydrogen (secondary N) is 3. The second-order valence-electron chi connectivity index (χ2n) is 11.6. The van der Waals surface area contributed by atoms with E-state index in [4.69, 9.17) is 9.97 Å². The molecule has 0 spiro atoms. The fourth-order valence-corrected chi connectivity index (χ4v) is 5.66. The first kappa shape index (κ1) is 30.9. The SMILES string of the molecule is CC(C)(C)c1ccc(=O)[nH]c1.O=C(O)C[C@H](Cc1csc(CCCc2ccc3c(n2)NCCC3)n1)c1ccc(=O)[nH]c1. The molecule has 4 aromatic heterocycles. The van der Waals surface area contributed by atoms with Crippen molar-refractivity contribution in [2.75, 3.05) is 11.9 Å². The Balaban J connectivity index is 0.000000310. The molecule has 1 aliphatic rings. The van der Waals surface area contributed by atoms with Gasteiger partial charge in [-0.05, 0) is 66.7 Å². The number of pyridine rings is 3. The molecule has 0 saturated heterocycles. The second kappa shape index (κ2) is 14.2. The predicted molar refractivity (Wildman–Crippen MR) is 167 cm³/mol. The number of fused-ring (bicyclic) bond motifs is 1. The van der Waals surface area contributed by atoms with Gasteiger partial charge in [0.2, 0.25) is 11.1 Å². The Morgan fingerprint density at radius 1 is 0.976 bits per heavy atom. The average molecular weight is 590 g/mol. The Kier molecular flexibility index (Phi) is 10.5. The van der Waals surface area contributed by atoms with E-state index in [2.05, 4.69) is 48.2 Å². The molecule has 4 aromatic rings. The molecule has 5 heterocycles. The highest BCUT2D eigenvalue weighted by molar-refractivity contribution is 7.09. The highest BCUT2D eigenvalue weighted by Crippen LogP contribution is 2.25. The van der Waals surface area contributed by atoms with Crippen molar-refractivity contribution in [3.05, 3.63) is 108 Å². The molecule has 10 heteroatoms. The zero-order chi connectivity index (χ0) is 30.1. The summed E-state index contributed by atoms with van der Waals surface area (Å²) in [6.07, 6.45) is 8.91. The number of nitrogens with zero attached hydrogens (tertiary/aromatic N) is 2. The summed E-state index contributed by atoms with van der Waals surface area (Å²) in [6.45, 7) is 7.33. The Hall–Kier alpha value is -4.05. The zero-order valence-corrected chi connectivity index (χ0v) is 25.2. The van der Waals surface area contributed by atoms with Crippen LogP contribution in [0.4, 0.5) is 5.82 Å². The Morgan fingerprint density at radius 3 is 2.40 bits per heavy atom. The summed E-state index contributed by atoms with van der Waals surface area (Å²) in [5.41, 5.74) is 5.14. The zero-order valence-electron chi connectivity index (χ0n) is 24.4. The lowest BCUT2D eigenvalue weighted by Crippen LogP contribution is -2.14. The number of carboxylic acids is 1. The van der Waals surface area contributed by atoms with Crippen molar-refractivity contribution in [3.63, 3.8) is 0 Å². The number of anilines is 1. The van der Waals surface area contributed by atoms with Gasteiger partial charge in [-0.25, -0.2) is 9.97 Å². The number of hydrogen-bond donors (Lipinski definition) is 4. The summed E-state index contributed by atoms with van der Waals surface area (Å²) in [7, 11) is 0. The number of carbonyl (C=O) groups is 1. The second-order valence-corrected chi connectivity index (χ2v) is 12.5. The van der Waals surface area contributed by atoms with E-state index in [1.165, 1.54) is 11.6 Å². The van der Waals surface area contributed by atoms with Gasteiger partial charge in [0.15, 0.2) is 0 Å². The number of aromatic amines is 2. The normalized spacial score (nSPS) is 13.3. The topological polar surface area (TPSA) is 141 Å². The molecular formula is C32H39N5O4S. The molecule has 1 aliphatic heterocycles. The van der Waals surface area contributed by atoms with Crippen molar-refractivity contribution in [2.45, 2.75) is 77.0 Å². The average Bonchev–Trinajstić information content (AvgIpc) is 3.40. The van der Waals surface area contributed by atoms with Crippen LogP contribution in [-0.2, 0) is 35.9 Å². The number of rotatable bonds is 9. The minimum absolute atomic E-state index is 0.00304. The molecule has 0 fully saturated rings. The number of hydrogen-bond acceptors (Lipinski definition) is 7. The van der Waals surface area contributed by atoms with Crippen LogP contribution in [0.5, 0.6) is 0 Å². The van der Waals surface area contributed by atoms with E-state index >= 15 is 0 Å². The largest absolute Gasteiger partial charge is 0.481 e. The smallest absolute Gasteiger partial charge is 0.303 e. The molecule has 0 aliphatic carbocycles. The molecule has 5 rings (SSSR count). The van der Waals surface area contributed by atoms with Gasteiger partial charge in [-0.1, -0.05) is 39.0 Å². The van der Waals surface area contributed by atoms with Gasteiger partial charge in [0.05, 0.1) is 17.1 Å². The van der Waals surface area contributed by atoms with Crippen molar-refractivity contribution < 1.29 is 9.90 Å². The van der Waals surface area contributed by atoms with Crippen LogP contribution in [-0.4, -0.2) is 37.6 Å². The summed E-state index contributed by atoms with van der Waals surface area (Å²) in [6, 6.07) is 10.9. The first-order valence-corrected chi connectivity index (χ1v) is 15.2. The predicted octanol–water partition coefficient (Wildman–Crippen LogP) is 5.23. The van der Waals surface area contributed by atoms with Crippen molar-refractivity contribution in [1.82, 2.24) is 19.9 Å². The monoisotopic (exact) mass is 589 g/mol. The van der Waals surface area contributed by atoms with Crippen LogP contribution in [0.25, 0.3) is 0 Å².